The van der Waals surface area contributed by atoms with Crippen molar-refractivity contribution in [2.45, 2.75) is 12.8 Å². The van der Waals surface area contributed by atoms with Gasteiger partial charge in [-0.05, 0) is 43.0 Å². The van der Waals surface area contributed by atoms with Gasteiger partial charge >= 0.3 is 11.8 Å². The van der Waals surface area contributed by atoms with Gasteiger partial charge in [-0.15, -0.1) is 0 Å². The largest absolute Gasteiger partial charge is 0.396 e. The van der Waals surface area contributed by atoms with Gasteiger partial charge in [0.1, 0.15) is 12.7 Å². The predicted molar refractivity (Wildman–Crippen MR) is 86.4 cm³/mol. The Labute approximate surface area is 139 Å². The summed E-state index contributed by atoms with van der Waals surface area (Å²) in [6.45, 7) is 1.14. The van der Waals surface area contributed by atoms with Gasteiger partial charge in [-0.2, -0.15) is 5.10 Å². The minimum absolute atomic E-state index is 0.131. The smallest absolute Gasteiger partial charge is 0.313 e. The highest BCUT2D eigenvalue weighted by molar-refractivity contribution is 6.39. The molecule has 1 aromatic heterocycles. The Morgan fingerprint density at radius 2 is 1.92 bits per heavy atom. The average Bonchev–Trinajstić information content (AvgIpc) is 3.16. The van der Waals surface area contributed by atoms with E-state index in [4.69, 9.17) is 5.11 Å². The number of hydrogen-bond donors (Lipinski definition) is 2. The number of likely N-dealkylation sites (tertiary alicyclic amines) is 1. The van der Waals surface area contributed by atoms with E-state index in [1.807, 2.05) is 0 Å². The zero-order valence-corrected chi connectivity index (χ0v) is 13.1. The van der Waals surface area contributed by atoms with Gasteiger partial charge in [0, 0.05) is 25.4 Å². The van der Waals surface area contributed by atoms with Gasteiger partial charge in [0.15, 0.2) is 0 Å². The molecule has 0 atom stereocenters. The molecule has 0 saturated carbocycles. The number of piperidine rings is 1. The molecule has 1 aromatic carbocycles. The van der Waals surface area contributed by atoms with Crippen molar-refractivity contribution in [3.63, 3.8) is 0 Å². The molecule has 0 spiro atoms. The Balaban J connectivity index is 1.57. The summed E-state index contributed by atoms with van der Waals surface area (Å²) < 4.78 is 1.60. The zero-order chi connectivity index (χ0) is 16.9. The summed E-state index contributed by atoms with van der Waals surface area (Å²) in [5, 5.41) is 15.7. The number of nitrogens with one attached hydrogen (secondary N) is 1. The lowest BCUT2D eigenvalue weighted by molar-refractivity contribution is -0.144. The van der Waals surface area contributed by atoms with E-state index in [-0.39, 0.29) is 12.5 Å². The van der Waals surface area contributed by atoms with Crippen molar-refractivity contribution in [1.82, 2.24) is 19.7 Å². The minimum atomic E-state index is -0.647. The molecule has 2 aromatic rings. The Kier molecular flexibility index (Phi) is 4.85. The Bertz CT molecular complexity index is 691. The molecule has 126 valence electrons. The van der Waals surface area contributed by atoms with Crippen LogP contribution in [0.3, 0.4) is 0 Å². The SMILES string of the molecule is O=C(Nc1ccc(-n2cncn2)cc1)C(=O)N1CCC(CO)CC1. The minimum Gasteiger partial charge on any atom is -0.396 e. The van der Waals surface area contributed by atoms with Gasteiger partial charge in [0.25, 0.3) is 0 Å². The summed E-state index contributed by atoms with van der Waals surface area (Å²) >= 11 is 0. The molecule has 1 aliphatic heterocycles. The molecule has 1 fully saturated rings. The predicted octanol–water partition coefficient (Wildman–Crippen LogP) is 0.437. The number of rotatable bonds is 3. The van der Waals surface area contributed by atoms with Crippen LogP contribution in [0.25, 0.3) is 5.69 Å². The standard InChI is InChI=1S/C16H19N5O3/c22-9-12-5-7-20(8-6-12)16(24)15(23)19-13-1-3-14(4-2-13)21-11-17-10-18-21/h1-4,10-12,22H,5-9H2,(H,19,23). The first-order valence-corrected chi connectivity index (χ1v) is 7.83. The van der Waals surface area contributed by atoms with E-state index in [0.29, 0.717) is 18.8 Å². The first-order chi connectivity index (χ1) is 11.7. The highest BCUT2D eigenvalue weighted by Gasteiger charge is 2.26. The van der Waals surface area contributed by atoms with Crippen LogP contribution in [0, 0.1) is 5.92 Å². The molecule has 0 aliphatic carbocycles. The normalized spacial score (nSPS) is 15.3. The number of carbonyl (C=O) groups excluding carboxylic acids is 2. The molecule has 8 heteroatoms. The van der Waals surface area contributed by atoms with Crippen LogP contribution in [0.5, 0.6) is 0 Å². The Morgan fingerprint density at radius 3 is 2.50 bits per heavy atom. The van der Waals surface area contributed by atoms with Gasteiger partial charge in [-0.25, -0.2) is 9.67 Å². The molecule has 2 amide bonds. The maximum Gasteiger partial charge on any atom is 0.313 e. The summed E-state index contributed by atoms with van der Waals surface area (Å²) in [5.74, 6) is -0.959. The fourth-order valence-electron chi connectivity index (χ4n) is 2.69. The molecule has 1 saturated heterocycles. The number of benzene rings is 1. The highest BCUT2D eigenvalue weighted by atomic mass is 16.3. The molecule has 1 aliphatic rings. The molecular formula is C16H19N5O3. The number of aliphatic hydroxyl groups excluding tert-OH is 1. The van der Waals surface area contributed by atoms with Crippen LogP contribution in [-0.4, -0.2) is 56.3 Å². The van der Waals surface area contributed by atoms with Crippen LogP contribution in [-0.2, 0) is 9.59 Å². The number of anilines is 1. The van der Waals surface area contributed by atoms with Crippen molar-refractivity contribution < 1.29 is 14.7 Å². The number of aromatic nitrogens is 3. The number of aliphatic hydroxyl groups is 1. The number of carbonyl (C=O) groups is 2. The molecule has 2 N–H and O–H groups in total. The maximum absolute atomic E-state index is 12.2. The van der Waals surface area contributed by atoms with Crippen molar-refractivity contribution in [2.24, 2.45) is 5.92 Å². The molecule has 0 bridgehead atoms. The summed E-state index contributed by atoms with van der Waals surface area (Å²) in [4.78, 5) is 29.7. The number of nitrogens with zero attached hydrogens (tertiary/aromatic N) is 4. The number of hydrogen-bond acceptors (Lipinski definition) is 5. The molecular weight excluding hydrogens is 310 g/mol. The second-order valence-electron chi connectivity index (χ2n) is 5.76. The van der Waals surface area contributed by atoms with Crippen LogP contribution >= 0.6 is 0 Å². The lowest BCUT2D eigenvalue weighted by Crippen LogP contribution is -2.44. The van der Waals surface area contributed by atoms with Crippen molar-refractivity contribution in [2.75, 3.05) is 25.0 Å². The van der Waals surface area contributed by atoms with Gasteiger partial charge < -0.3 is 15.3 Å². The Morgan fingerprint density at radius 1 is 1.21 bits per heavy atom. The highest BCUT2D eigenvalue weighted by Crippen LogP contribution is 2.17. The quantitative estimate of drug-likeness (QED) is 0.796. The van der Waals surface area contributed by atoms with Gasteiger partial charge in [0.2, 0.25) is 0 Å². The molecule has 8 nitrogen and oxygen atoms in total. The molecule has 24 heavy (non-hydrogen) atoms. The maximum atomic E-state index is 12.2. The van der Waals surface area contributed by atoms with E-state index in [2.05, 4.69) is 15.4 Å². The summed E-state index contributed by atoms with van der Waals surface area (Å²) in [6, 6.07) is 6.98. The first kappa shape index (κ1) is 16.1. The Hall–Kier alpha value is -2.74. The third kappa shape index (κ3) is 3.60. The van der Waals surface area contributed by atoms with Gasteiger partial charge in [0.05, 0.1) is 5.69 Å². The summed E-state index contributed by atoms with van der Waals surface area (Å²) in [7, 11) is 0. The zero-order valence-electron chi connectivity index (χ0n) is 13.1. The molecule has 0 radical (unpaired) electrons. The van der Waals surface area contributed by atoms with Crippen molar-refractivity contribution in [1.29, 1.82) is 0 Å². The third-order valence-electron chi connectivity index (χ3n) is 4.16. The second kappa shape index (κ2) is 7.22. The van der Waals surface area contributed by atoms with Crippen LogP contribution < -0.4 is 5.32 Å². The van der Waals surface area contributed by atoms with Crippen LogP contribution in [0.15, 0.2) is 36.9 Å². The van der Waals surface area contributed by atoms with E-state index < -0.39 is 11.8 Å². The van der Waals surface area contributed by atoms with E-state index in [1.54, 1.807) is 35.3 Å². The lowest BCUT2D eigenvalue weighted by atomic mass is 9.98. The van der Waals surface area contributed by atoms with Gasteiger partial charge in [-0.3, -0.25) is 9.59 Å². The summed E-state index contributed by atoms with van der Waals surface area (Å²) in [5.41, 5.74) is 1.35. The topological polar surface area (TPSA) is 100 Å². The van der Waals surface area contributed by atoms with Gasteiger partial charge in [-0.1, -0.05) is 0 Å². The van der Waals surface area contributed by atoms with Crippen LogP contribution in [0.4, 0.5) is 5.69 Å². The summed E-state index contributed by atoms with van der Waals surface area (Å²) in [6.07, 6.45) is 4.46. The number of amides is 2. The lowest BCUT2D eigenvalue weighted by Gasteiger charge is -2.30. The first-order valence-electron chi connectivity index (χ1n) is 7.83. The van der Waals surface area contributed by atoms with Crippen LogP contribution in [0.2, 0.25) is 0 Å². The molecule has 0 unspecified atom stereocenters. The van der Waals surface area contributed by atoms with E-state index in [0.717, 1.165) is 18.5 Å². The molecule has 2 heterocycles. The monoisotopic (exact) mass is 329 g/mol. The van der Waals surface area contributed by atoms with E-state index >= 15 is 0 Å². The fourth-order valence-corrected chi connectivity index (χ4v) is 2.69. The third-order valence-corrected chi connectivity index (χ3v) is 4.16. The average molecular weight is 329 g/mol. The van der Waals surface area contributed by atoms with E-state index in [9.17, 15) is 9.59 Å². The van der Waals surface area contributed by atoms with Crippen molar-refractivity contribution in [3.8, 4) is 5.69 Å². The fraction of sp³-hybridized carbons (Fsp3) is 0.375. The van der Waals surface area contributed by atoms with E-state index in [1.165, 1.54) is 11.2 Å². The van der Waals surface area contributed by atoms with Crippen LogP contribution in [0.1, 0.15) is 12.8 Å². The molecule has 3 rings (SSSR count). The second-order valence-corrected chi connectivity index (χ2v) is 5.76. The van der Waals surface area contributed by atoms with Crippen molar-refractivity contribution >= 4 is 17.5 Å². The van der Waals surface area contributed by atoms with Crippen molar-refractivity contribution in [3.05, 3.63) is 36.9 Å².